The molecule has 126 valence electrons. The molecular formula is C17H20N4O3. The van der Waals surface area contributed by atoms with Crippen molar-refractivity contribution >= 4 is 11.7 Å². The van der Waals surface area contributed by atoms with Crippen LogP contribution >= 0.6 is 0 Å². The standard InChI is InChI=1S/C17H20N4O3/c22-17(21-8-10-23-11-9-21)18-14-6-4-12(5-7-14)15-19-16(24-20-15)13-2-1-3-13/h4-7,13H,1-3,8-11H2,(H,18,22). The van der Waals surface area contributed by atoms with Crippen LogP contribution in [-0.4, -0.2) is 47.4 Å². The zero-order valence-corrected chi connectivity index (χ0v) is 13.4. The van der Waals surface area contributed by atoms with Gasteiger partial charge >= 0.3 is 6.03 Å². The van der Waals surface area contributed by atoms with Crippen molar-refractivity contribution in [1.29, 1.82) is 0 Å². The van der Waals surface area contributed by atoms with Crippen molar-refractivity contribution in [3.63, 3.8) is 0 Å². The fourth-order valence-electron chi connectivity index (χ4n) is 2.85. The maximum atomic E-state index is 12.2. The van der Waals surface area contributed by atoms with Crippen LogP contribution in [0.2, 0.25) is 0 Å². The number of urea groups is 1. The fourth-order valence-corrected chi connectivity index (χ4v) is 2.85. The van der Waals surface area contributed by atoms with Crippen LogP contribution in [0.15, 0.2) is 28.8 Å². The smallest absolute Gasteiger partial charge is 0.321 e. The number of anilines is 1. The summed E-state index contributed by atoms with van der Waals surface area (Å²) >= 11 is 0. The number of rotatable bonds is 3. The normalized spacial score (nSPS) is 18.2. The first-order valence-corrected chi connectivity index (χ1v) is 8.37. The van der Waals surface area contributed by atoms with Crippen molar-refractivity contribution in [2.24, 2.45) is 0 Å². The van der Waals surface area contributed by atoms with Gasteiger partial charge in [-0.05, 0) is 37.1 Å². The van der Waals surface area contributed by atoms with Gasteiger partial charge in [0.25, 0.3) is 0 Å². The lowest BCUT2D eigenvalue weighted by atomic mass is 9.85. The summed E-state index contributed by atoms with van der Waals surface area (Å²) in [5.74, 6) is 1.77. The molecule has 2 heterocycles. The van der Waals surface area contributed by atoms with Gasteiger partial charge in [-0.15, -0.1) is 0 Å². The van der Waals surface area contributed by atoms with E-state index < -0.39 is 0 Å². The highest BCUT2D eigenvalue weighted by molar-refractivity contribution is 5.89. The summed E-state index contributed by atoms with van der Waals surface area (Å²) in [6.45, 7) is 2.43. The highest BCUT2D eigenvalue weighted by atomic mass is 16.5. The zero-order chi connectivity index (χ0) is 16.4. The molecule has 1 aromatic carbocycles. The minimum atomic E-state index is -0.0992. The Balaban J connectivity index is 1.40. The van der Waals surface area contributed by atoms with Crippen LogP contribution in [0.1, 0.15) is 31.1 Å². The van der Waals surface area contributed by atoms with Crippen LogP contribution in [-0.2, 0) is 4.74 Å². The van der Waals surface area contributed by atoms with Gasteiger partial charge in [0.05, 0.1) is 13.2 Å². The average Bonchev–Trinajstić information content (AvgIpc) is 3.04. The van der Waals surface area contributed by atoms with Gasteiger partial charge in [0.15, 0.2) is 0 Å². The number of morpholine rings is 1. The molecule has 0 radical (unpaired) electrons. The summed E-state index contributed by atoms with van der Waals surface area (Å²) in [5, 5.41) is 6.96. The van der Waals surface area contributed by atoms with Crippen molar-refractivity contribution in [3.05, 3.63) is 30.2 Å². The van der Waals surface area contributed by atoms with E-state index in [-0.39, 0.29) is 6.03 Å². The van der Waals surface area contributed by atoms with Crippen LogP contribution in [0.5, 0.6) is 0 Å². The Morgan fingerprint density at radius 1 is 1.17 bits per heavy atom. The molecular weight excluding hydrogens is 308 g/mol. The van der Waals surface area contributed by atoms with Gasteiger partial charge in [-0.3, -0.25) is 0 Å². The highest BCUT2D eigenvalue weighted by Crippen LogP contribution is 2.36. The van der Waals surface area contributed by atoms with Crippen molar-refractivity contribution in [3.8, 4) is 11.4 Å². The Kier molecular flexibility index (Phi) is 4.17. The summed E-state index contributed by atoms with van der Waals surface area (Å²) in [5.41, 5.74) is 1.63. The van der Waals surface area contributed by atoms with E-state index in [2.05, 4.69) is 15.5 Å². The van der Waals surface area contributed by atoms with Crippen LogP contribution < -0.4 is 5.32 Å². The molecule has 1 N–H and O–H groups in total. The number of hydrogen-bond donors (Lipinski definition) is 1. The third-order valence-corrected chi connectivity index (χ3v) is 4.59. The Labute approximate surface area is 140 Å². The Morgan fingerprint density at radius 2 is 1.92 bits per heavy atom. The van der Waals surface area contributed by atoms with Gasteiger partial charge < -0.3 is 19.5 Å². The third kappa shape index (κ3) is 3.12. The predicted molar refractivity (Wildman–Crippen MR) is 87.7 cm³/mol. The SMILES string of the molecule is O=C(Nc1ccc(-c2noc(C3CCC3)n2)cc1)N1CCOCC1. The zero-order valence-electron chi connectivity index (χ0n) is 13.4. The van der Waals surface area contributed by atoms with Crippen molar-refractivity contribution in [1.82, 2.24) is 15.0 Å². The summed E-state index contributed by atoms with van der Waals surface area (Å²) in [4.78, 5) is 18.4. The molecule has 1 saturated heterocycles. The van der Waals surface area contributed by atoms with Crippen LogP contribution in [0.3, 0.4) is 0 Å². The van der Waals surface area contributed by atoms with E-state index in [4.69, 9.17) is 9.26 Å². The number of hydrogen-bond acceptors (Lipinski definition) is 5. The van der Waals surface area contributed by atoms with E-state index in [1.165, 1.54) is 6.42 Å². The second kappa shape index (κ2) is 6.60. The number of ether oxygens (including phenoxy) is 1. The van der Waals surface area contributed by atoms with E-state index in [9.17, 15) is 4.79 Å². The monoisotopic (exact) mass is 328 g/mol. The van der Waals surface area contributed by atoms with E-state index in [0.717, 1.165) is 30.0 Å². The molecule has 0 atom stereocenters. The first kappa shape index (κ1) is 15.1. The maximum absolute atomic E-state index is 12.2. The van der Waals surface area contributed by atoms with E-state index in [0.29, 0.717) is 38.0 Å². The third-order valence-electron chi connectivity index (χ3n) is 4.59. The van der Waals surface area contributed by atoms with Gasteiger partial charge in [-0.25, -0.2) is 4.79 Å². The van der Waals surface area contributed by atoms with E-state index in [1.54, 1.807) is 4.90 Å². The van der Waals surface area contributed by atoms with Crippen LogP contribution in [0, 0.1) is 0 Å². The molecule has 7 nitrogen and oxygen atoms in total. The number of carbonyl (C=O) groups excluding carboxylic acids is 1. The van der Waals surface area contributed by atoms with Crippen molar-refractivity contribution in [2.75, 3.05) is 31.6 Å². The number of nitrogens with one attached hydrogen (secondary N) is 1. The number of carbonyl (C=O) groups is 1. The largest absolute Gasteiger partial charge is 0.378 e. The number of amides is 2. The minimum absolute atomic E-state index is 0.0992. The molecule has 7 heteroatoms. The summed E-state index contributed by atoms with van der Waals surface area (Å²) in [6.07, 6.45) is 3.50. The first-order valence-electron chi connectivity index (χ1n) is 8.37. The highest BCUT2D eigenvalue weighted by Gasteiger charge is 2.25. The van der Waals surface area contributed by atoms with Crippen LogP contribution in [0.25, 0.3) is 11.4 Å². The first-order chi connectivity index (χ1) is 11.8. The number of benzene rings is 1. The number of aromatic nitrogens is 2. The Bertz CT molecular complexity index is 703. The molecule has 24 heavy (non-hydrogen) atoms. The van der Waals surface area contributed by atoms with Gasteiger partial charge in [0.1, 0.15) is 0 Å². The summed E-state index contributed by atoms with van der Waals surface area (Å²) in [7, 11) is 0. The molecule has 1 aromatic heterocycles. The molecule has 0 unspecified atom stereocenters. The van der Waals surface area contributed by atoms with Crippen molar-refractivity contribution in [2.45, 2.75) is 25.2 Å². The molecule has 4 rings (SSSR count). The summed E-state index contributed by atoms with van der Waals surface area (Å²) < 4.78 is 10.6. The molecule has 1 saturated carbocycles. The van der Waals surface area contributed by atoms with Gasteiger partial charge in [-0.1, -0.05) is 11.6 Å². The van der Waals surface area contributed by atoms with Crippen molar-refractivity contribution < 1.29 is 14.1 Å². The molecule has 2 amide bonds. The second-order valence-electron chi connectivity index (χ2n) is 6.19. The molecule has 2 fully saturated rings. The van der Waals surface area contributed by atoms with Gasteiger partial charge in [0.2, 0.25) is 11.7 Å². The molecule has 1 aliphatic carbocycles. The second-order valence-corrected chi connectivity index (χ2v) is 6.19. The minimum Gasteiger partial charge on any atom is -0.378 e. The fraction of sp³-hybridized carbons (Fsp3) is 0.471. The van der Waals surface area contributed by atoms with E-state index >= 15 is 0 Å². The van der Waals surface area contributed by atoms with Gasteiger partial charge in [0, 0.05) is 30.3 Å². The Morgan fingerprint density at radius 3 is 2.58 bits per heavy atom. The average molecular weight is 328 g/mol. The van der Waals surface area contributed by atoms with Gasteiger partial charge in [-0.2, -0.15) is 4.98 Å². The van der Waals surface area contributed by atoms with E-state index in [1.807, 2.05) is 24.3 Å². The van der Waals surface area contributed by atoms with Crippen LogP contribution in [0.4, 0.5) is 10.5 Å². The molecule has 0 bridgehead atoms. The molecule has 0 spiro atoms. The summed E-state index contributed by atoms with van der Waals surface area (Å²) in [6, 6.07) is 7.40. The number of nitrogens with zero attached hydrogens (tertiary/aromatic N) is 3. The lowest BCUT2D eigenvalue weighted by molar-refractivity contribution is 0.0564. The maximum Gasteiger partial charge on any atom is 0.321 e. The lowest BCUT2D eigenvalue weighted by Crippen LogP contribution is -2.43. The topological polar surface area (TPSA) is 80.5 Å². The molecule has 2 aliphatic rings. The molecule has 2 aromatic rings. The Hall–Kier alpha value is -2.41. The lowest BCUT2D eigenvalue weighted by Gasteiger charge is -2.26. The quantitative estimate of drug-likeness (QED) is 0.937. The molecule has 1 aliphatic heterocycles. The predicted octanol–water partition coefficient (Wildman–Crippen LogP) is 2.87.